The Morgan fingerprint density at radius 1 is 1.24 bits per heavy atom. The van der Waals surface area contributed by atoms with E-state index in [0.717, 1.165) is 12.6 Å². The second kappa shape index (κ2) is 7.79. The van der Waals surface area contributed by atoms with Gasteiger partial charge in [0.2, 0.25) is 5.91 Å². The van der Waals surface area contributed by atoms with Crippen LogP contribution >= 0.6 is 0 Å². The van der Waals surface area contributed by atoms with E-state index in [9.17, 15) is 13.6 Å². The fourth-order valence-corrected chi connectivity index (χ4v) is 3.72. The quantitative estimate of drug-likeness (QED) is 0.882. The molecular formula is C19H28F2N2O2. The molecule has 1 aliphatic rings. The number of nitrogens with one attached hydrogen (secondary N) is 1. The number of benzene rings is 1. The minimum atomic E-state index is -0.621. The largest absolute Gasteiger partial charge is 0.370 e. The Morgan fingerprint density at radius 3 is 2.36 bits per heavy atom. The topological polar surface area (TPSA) is 41.6 Å². The zero-order valence-electron chi connectivity index (χ0n) is 15.6. The molecule has 0 unspecified atom stereocenters. The Balaban J connectivity index is 2.28. The van der Waals surface area contributed by atoms with Crippen molar-refractivity contribution in [3.63, 3.8) is 0 Å². The Kier molecular flexibility index (Phi) is 6.16. The van der Waals surface area contributed by atoms with Gasteiger partial charge in [-0.1, -0.05) is 13.8 Å². The molecule has 0 aliphatic carbocycles. The normalized spacial score (nSPS) is 24.4. The summed E-state index contributed by atoms with van der Waals surface area (Å²) in [5.41, 5.74) is 0.295. The van der Waals surface area contributed by atoms with Crippen LogP contribution in [-0.2, 0) is 9.53 Å². The number of nitrogens with zero attached hydrogens (tertiary/aromatic N) is 1. The van der Waals surface area contributed by atoms with Crippen LogP contribution in [0.5, 0.6) is 0 Å². The first kappa shape index (κ1) is 19.8. The molecule has 1 amide bonds. The van der Waals surface area contributed by atoms with Crippen LogP contribution in [0.25, 0.3) is 0 Å². The van der Waals surface area contributed by atoms with Gasteiger partial charge in [-0.3, -0.25) is 4.79 Å². The van der Waals surface area contributed by atoms with Crippen LogP contribution in [0.2, 0.25) is 0 Å². The summed E-state index contributed by atoms with van der Waals surface area (Å²) >= 11 is 0. The second-order valence-electron chi connectivity index (χ2n) is 7.91. The smallest absolute Gasteiger partial charge is 0.217 e. The monoisotopic (exact) mass is 354 g/mol. The highest BCUT2D eigenvalue weighted by Crippen LogP contribution is 2.39. The van der Waals surface area contributed by atoms with E-state index in [-0.39, 0.29) is 23.5 Å². The van der Waals surface area contributed by atoms with Crippen molar-refractivity contribution in [3.8, 4) is 0 Å². The van der Waals surface area contributed by atoms with Crippen molar-refractivity contribution in [3.05, 3.63) is 35.4 Å². The van der Waals surface area contributed by atoms with Gasteiger partial charge < -0.3 is 15.0 Å². The van der Waals surface area contributed by atoms with Crippen molar-refractivity contribution in [2.75, 3.05) is 20.6 Å². The van der Waals surface area contributed by atoms with Crippen LogP contribution in [0, 0.1) is 17.0 Å². The average Bonchev–Trinajstić information content (AvgIpc) is 2.43. The number of amides is 1. The molecule has 0 saturated carbocycles. The number of carbonyl (C=O) groups excluding carboxylic acids is 1. The minimum absolute atomic E-state index is 0.0889. The highest BCUT2D eigenvalue weighted by molar-refractivity contribution is 5.73. The standard InChI is InChI=1S/C19H28F2N2O2/c1-12(24)22-16-9-17(13-6-14(20)8-15(21)7-13)25-18(10-16)19(2,3)11-23(4)5/h6-8,16-18H,9-11H2,1-5H3,(H,22,24)/t16-,17-,18+/m0/s1. The van der Waals surface area contributed by atoms with Gasteiger partial charge in [-0.05, 0) is 44.6 Å². The van der Waals surface area contributed by atoms with Crippen molar-refractivity contribution in [2.24, 2.45) is 5.41 Å². The fraction of sp³-hybridized carbons (Fsp3) is 0.632. The molecule has 2 rings (SSSR count). The van der Waals surface area contributed by atoms with Gasteiger partial charge in [0.15, 0.2) is 0 Å². The zero-order chi connectivity index (χ0) is 18.8. The molecule has 1 fully saturated rings. The summed E-state index contributed by atoms with van der Waals surface area (Å²) in [5, 5.41) is 2.95. The zero-order valence-corrected chi connectivity index (χ0v) is 15.6. The van der Waals surface area contributed by atoms with Gasteiger partial charge in [0.1, 0.15) is 11.6 Å². The van der Waals surface area contributed by atoms with E-state index in [4.69, 9.17) is 4.74 Å². The number of rotatable bonds is 5. The maximum absolute atomic E-state index is 13.6. The minimum Gasteiger partial charge on any atom is -0.370 e. The molecular weight excluding hydrogens is 326 g/mol. The van der Waals surface area contributed by atoms with Gasteiger partial charge in [0.05, 0.1) is 12.2 Å². The van der Waals surface area contributed by atoms with Gasteiger partial charge in [-0.25, -0.2) is 8.78 Å². The predicted molar refractivity (Wildman–Crippen MR) is 93.1 cm³/mol. The predicted octanol–water partition coefficient (Wildman–Crippen LogP) is 3.28. The summed E-state index contributed by atoms with van der Waals surface area (Å²) < 4.78 is 33.5. The third-order valence-corrected chi connectivity index (χ3v) is 4.59. The Labute approximate surface area is 148 Å². The highest BCUT2D eigenvalue weighted by Gasteiger charge is 2.39. The van der Waals surface area contributed by atoms with Gasteiger partial charge in [-0.15, -0.1) is 0 Å². The van der Waals surface area contributed by atoms with Gasteiger partial charge >= 0.3 is 0 Å². The molecule has 1 aromatic rings. The van der Waals surface area contributed by atoms with Crippen molar-refractivity contribution in [1.82, 2.24) is 10.2 Å². The summed E-state index contributed by atoms with van der Waals surface area (Å²) in [5.74, 6) is -1.35. The average molecular weight is 354 g/mol. The van der Waals surface area contributed by atoms with E-state index in [0.29, 0.717) is 18.4 Å². The van der Waals surface area contributed by atoms with E-state index >= 15 is 0 Å². The lowest BCUT2D eigenvalue weighted by Crippen LogP contribution is -2.49. The van der Waals surface area contributed by atoms with Crippen molar-refractivity contribution < 1.29 is 18.3 Å². The molecule has 25 heavy (non-hydrogen) atoms. The molecule has 0 spiro atoms. The van der Waals surface area contributed by atoms with Crippen LogP contribution in [-0.4, -0.2) is 43.6 Å². The number of hydrogen-bond donors (Lipinski definition) is 1. The molecule has 140 valence electrons. The lowest BCUT2D eigenvalue weighted by Gasteiger charge is -2.44. The van der Waals surface area contributed by atoms with Crippen LogP contribution in [0.3, 0.4) is 0 Å². The second-order valence-corrected chi connectivity index (χ2v) is 7.91. The molecule has 1 aliphatic heterocycles. The third-order valence-electron chi connectivity index (χ3n) is 4.59. The first-order valence-corrected chi connectivity index (χ1v) is 8.60. The summed E-state index contributed by atoms with van der Waals surface area (Å²) in [6, 6.07) is 3.37. The van der Waals surface area contributed by atoms with Gasteiger partial charge in [0, 0.05) is 31.0 Å². The lowest BCUT2D eigenvalue weighted by molar-refractivity contribution is -0.130. The van der Waals surface area contributed by atoms with Crippen molar-refractivity contribution >= 4 is 5.91 Å². The molecule has 1 N–H and O–H groups in total. The lowest BCUT2D eigenvalue weighted by atomic mass is 9.79. The fourth-order valence-electron chi connectivity index (χ4n) is 3.72. The van der Waals surface area contributed by atoms with E-state index in [2.05, 4.69) is 24.1 Å². The third kappa shape index (κ3) is 5.47. The Hall–Kier alpha value is -1.53. The van der Waals surface area contributed by atoms with E-state index in [1.807, 2.05) is 14.1 Å². The molecule has 0 aromatic heterocycles. The molecule has 6 heteroatoms. The molecule has 3 atom stereocenters. The summed E-state index contributed by atoms with van der Waals surface area (Å²) in [4.78, 5) is 13.6. The number of halogens is 2. The molecule has 1 saturated heterocycles. The first-order chi connectivity index (χ1) is 11.6. The van der Waals surface area contributed by atoms with E-state index in [1.165, 1.54) is 19.1 Å². The van der Waals surface area contributed by atoms with Crippen molar-refractivity contribution in [1.29, 1.82) is 0 Å². The van der Waals surface area contributed by atoms with Crippen LogP contribution in [0.1, 0.15) is 45.3 Å². The SMILES string of the molecule is CC(=O)N[C@H]1C[C@@H](c2cc(F)cc(F)c2)O[C@@H](C(C)(C)CN(C)C)C1. The van der Waals surface area contributed by atoms with Crippen LogP contribution < -0.4 is 5.32 Å². The van der Waals surface area contributed by atoms with Gasteiger partial charge in [-0.2, -0.15) is 0 Å². The van der Waals surface area contributed by atoms with Crippen LogP contribution in [0.15, 0.2) is 18.2 Å². The molecule has 0 bridgehead atoms. The molecule has 1 aromatic carbocycles. The van der Waals surface area contributed by atoms with Crippen molar-refractivity contribution in [2.45, 2.75) is 51.9 Å². The summed E-state index contributed by atoms with van der Waals surface area (Å²) in [7, 11) is 3.99. The first-order valence-electron chi connectivity index (χ1n) is 8.60. The number of hydrogen-bond acceptors (Lipinski definition) is 3. The highest BCUT2D eigenvalue weighted by atomic mass is 19.1. The van der Waals surface area contributed by atoms with Crippen LogP contribution in [0.4, 0.5) is 8.78 Å². The number of ether oxygens (including phenoxy) is 1. The molecule has 1 heterocycles. The number of carbonyl (C=O) groups is 1. The Morgan fingerprint density at radius 2 is 1.84 bits per heavy atom. The summed E-state index contributed by atoms with van der Waals surface area (Å²) in [6.45, 7) is 6.50. The van der Waals surface area contributed by atoms with E-state index < -0.39 is 17.7 Å². The maximum atomic E-state index is 13.6. The van der Waals surface area contributed by atoms with E-state index in [1.54, 1.807) is 0 Å². The Bertz CT molecular complexity index is 599. The maximum Gasteiger partial charge on any atom is 0.217 e. The van der Waals surface area contributed by atoms with Gasteiger partial charge in [0.25, 0.3) is 0 Å². The molecule has 0 radical (unpaired) electrons. The summed E-state index contributed by atoms with van der Waals surface area (Å²) in [6.07, 6.45) is 0.574. The molecule has 4 nitrogen and oxygen atoms in total.